The molecule has 0 radical (unpaired) electrons. The Labute approximate surface area is 87.7 Å². The van der Waals surface area contributed by atoms with Gasteiger partial charge in [0, 0.05) is 5.37 Å². The highest BCUT2D eigenvalue weighted by Gasteiger charge is 2.41. The second-order valence-corrected chi connectivity index (χ2v) is 3.99. The first-order chi connectivity index (χ1) is 6.64. The molecule has 0 heterocycles. The van der Waals surface area contributed by atoms with Crippen LogP contribution in [0.15, 0.2) is 5.18 Å². The third kappa shape index (κ3) is 2.15. The van der Waals surface area contributed by atoms with Gasteiger partial charge in [-0.05, 0) is 18.8 Å². The van der Waals surface area contributed by atoms with Crippen LogP contribution in [0.25, 0.3) is 0 Å². The molecule has 0 spiro atoms. The van der Waals surface area contributed by atoms with Crippen LogP contribution in [-0.4, -0.2) is 22.0 Å². The predicted molar refractivity (Wildman–Crippen MR) is 56.4 cm³/mol. The first-order valence-electron chi connectivity index (χ1n) is 4.67. The topological polar surface area (TPSA) is 66.7 Å². The van der Waals surface area contributed by atoms with E-state index in [1.807, 2.05) is 0 Å². The molecule has 0 amide bonds. The van der Waals surface area contributed by atoms with Crippen LogP contribution in [0, 0.1) is 10.8 Å². The van der Waals surface area contributed by atoms with Crippen molar-refractivity contribution in [2.75, 3.05) is 0 Å². The molecule has 1 saturated carbocycles. The first kappa shape index (κ1) is 11.2. The van der Waals surface area contributed by atoms with Gasteiger partial charge in [0.25, 0.3) is 0 Å². The Kier molecular flexibility index (Phi) is 3.69. The van der Waals surface area contributed by atoms with Crippen LogP contribution in [-0.2, 0) is 4.79 Å². The fourth-order valence-electron chi connectivity index (χ4n) is 2.08. The third-order valence-electron chi connectivity index (χ3n) is 2.87. The molecule has 0 aromatic heterocycles. The van der Waals surface area contributed by atoms with Gasteiger partial charge in [0.1, 0.15) is 5.54 Å². The maximum Gasteiger partial charge on any atom is 0.306 e. The molecule has 1 fully saturated rings. The molecule has 1 aliphatic carbocycles. The van der Waals surface area contributed by atoms with Crippen LogP contribution in [0.2, 0.25) is 0 Å². The van der Waals surface area contributed by atoms with E-state index in [1.54, 1.807) is 0 Å². The van der Waals surface area contributed by atoms with Crippen LogP contribution in [0.5, 0.6) is 0 Å². The molecule has 0 bridgehead atoms. The fourth-order valence-corrected chi connectivity index (χ4v) is 2.40. The Hall–Kier alpha value is -0.840. The summed E-state index contributed by atoms with van der Waals surface area (Å²) in [5, 5.41) is 12.9. The minimum Gasteiger partial charge on any atom is -0.481 e. The zero-order valence-electron chi connectivity index (χ0n) is 7.81. The summed E-state index contributed by atoms with van der Waals surface area (Å²) in [5.74, 6) is -0.994. The van der Waals surface area contributed by atoms with E-state index >= 15 is 0 Å². The number of aliphatic carboxylic acids is 1. The molecule has 0 aliphatic heterocycles. The highest BCUT2D eigenvalue weighted by Crippen LogP contribution is 2.37. The van der Waals surface area contributed by atoms with E-state index in [9.17, 15) is 9.70 Å². The molecule has 0 saturated heterocycles. The minimum atomic E-state index is -1.16. The number of hydrogen-bond acceptors (Lipinski definition) is 4. The van der Waals surface area contributed by atoms with Crippen molar-refractivity contribution in [3.8, 4) is 0 Å². The molecule has 4 nitrogen and oxygen atoms in total. The Morgan fingerprint density at radius 2 is 2.14 bits per heavy atom. The van der Waals surface area contributed by atoms with Gasteiger partial charge in [-0.1, -0.05) is 30.2 Å². The average Bonchev–Trinajstić information content (AvgIpc) is 2.67. The maximum absolute atomic E-state index is 10.8. The number of hydrogen-bond donors (Lipinski definition) is 1. The highest BCUT2D eigenvalue weighted by atomic mass is 32.1. The summed E-state index contributed by atoms with van der Waals surface area (Å²) in [6.07, 6.45) is 3.50. The lowest BCUT2D eigenvalue weighted by Gasteiger charge is -2.26. The lowest BCUT2D eigenvalue weighted by atomic mass is 9.82. The number of carboxylic acid groups (broad SMARTS) is 1. The number of carboxylic acids is 1. The van der Waals surface area contributed by atoms with Crippen LogP contribution in [0.3, 0.4) is 0 Å². The molecule has 5 heteroatoms. The number of nitrogens with zero attached hydrogens (tertiary/aromatic N) is 1. The highest BCUT2D eigenvalue weighted by molar-refractivity contribution is 7.79. The number of thiocarbonyl (C=S) groups is 1. The molecule has 1 rings (SSSR count). The summed E-state index contributed by atoms with van der Waals surface area (Å²) in [7, 11) is 0. The van der Waals surface area contributed by atoms with Crippen LogP contribution >= 0.6 is 12.2 Å². The molecule has 0 aromatic carbocycles. The number of rotatable bonds is 5. The molecule has 0 aromatic rings. The molecule has 1 aliphatic rings. The summed E-state index contributed by atoms with van der Waals surface area (Å²) in [5.41, 5.74) is -1.16. The Balaban J connectivity index is 2.82. The molecule has 78 valence electrons. The quantitative estimate of drug-likeness (QED) is 0.563. The van der Waals surface area contributed by atoms with Crippen molar-refractivity contribution in [1.29, 1.82) is 0 Å². The van der Waals surface area contributed by atoms with Crippen molar-refractivity contribution in [1.82, 2.24) is 0 Å². The third-order valence-corrected chi connectivity index (χ3v) is 3.28. The van der Waals surface area contributed by atoms with Crippen molar-refractivity contribution in [2.45, 2.75) is 37.6 Å². The van der Waals surface area contributed by atoms with Gasteiger partial charge < -0.3 is 5.11 Å². The monoisotopic (exact) mass is 215 g/mol. The van der Waals surface area contributed by atoms with E-state index < -0.39 is 11.5 Å². The number of carbonyl (C=O) groups is 1. The lowest BCUT2D eigenvalue weighted by molar-refractivity contribution is -0.138. The lowest BCUT2D eigenvalue weighted by Crippen LogP contribution is -2.38. The summed E-state index contributed by atoms with van der Waals surface area (Å²) in [6.45, 7) is 0. The first-order valence-corrected chi connectivity index (χ1v) is 5.14. The van der Waals surface area contributed by atoms with Crippen molar-refractivity contribution in [3.05, 3.63) is 4.91 Å². The predicted octanol–water partition coefficient (Wildman–Crippen LogP) is 2.16. The average molecular weight is 215 g/mol. The summed E-state index contributed by atoms with van der Waals surface area (Å²) in [4.78, 5) is 21.4. The van der Waals surface area contributed by atoms with Gasteiger partial charge in [0.05, 0.1) is 6.42 Å². The van der Waals surface area contributed by atoms with Crippen molar-refractivity contribution < 1.29 is 9.90 Å². The number of nitroso groups, excluding NO2 is 1. The van der Waals surface area contributed by atoms with Gasteiger partial charge in [-0.25, -0.2) is 0 Å². The van der Waals surface area contributed by atoms with Crippen LogP contribution in [0.4, 0.5) is 0 Å². The maximum atomic E-state index is 10.8. The van der Waals surface area contributed by atoms with Gasteiger partial charge in [-0.15, -0.1) is 4.91 Å². The Morgan fingerprint density at radius 3 is 2.50 bits per heavy atom. The Bertz CT molecular complexity index is 240. The van der Waals surface area contributed by atoms with Crippen molar-refractivity contribution >= 4 is 23.6 Å². The van der Waals surface area contributed by atoms with Gasteiger partial charge >= 0.3 is 5.97 Å². The summed E-state index contributed by atoms with van der Waals surface area (Å²) < 4.78 is 0. The molecular formula is C9H13NO3S. The SMILES string of the molecule is O=N[C@](C=S)(CC(=O)O)C1CCCC1. The van der Waals surface area contributed by atoms with E-state index in [0.29, 0.717) is 0 Å². The zero-order chi connectivity index (χ0) is 10.6. The minimum absolute atomic E-state index is 0.0219. The normalized spacial score (nSPS) is 21.4. The molecular weight excluding hydrogens is 202 g/mol. The largest absolute Gasteiger partial charge is 0.481 e. The van der Waals surface area contributed by atoms with Gasteiger partial charge in [0.15, 0.2) is 0 Å². The van der Waals surface area contributed by atoms with Crippen LogP contribution in [0.1, 0.15) is 32.1 Å². The smallest absolute Gasteiger partial charge is 0.306 e. The molecule has 14 heavy (non-hydrogen) atoms. The fraction of sp³-hybridized carbons (Fsp3) is 0.778. The van der Waals surface area contributed by atoms with E-state index in [2.05, 4.69) is 5.18 Å². The van der Waals surface area contributed by atoms with Crippen LogP contribution < -0.4 is 0 Å². The van der Waals surface area contributed by atoms with Gasteiger partial charge in [-0.2, -0.15) is 0 Å². The van der Waals surface area contributed by atoms with Gasteiger partial charge in [-0.3, -0.25) is 4.79 Å². The van der Waals surface area contributed by atoms with E-state index in [4.69, 9.17) is 17.3 Å². The zero-order valence-corrected chi connectivity index (χ0v) is 8.63. The summed E-state index contributed by atoms with van der Waals surface area (Å²) >= 11 is 4.76. The second kappa shape index (κ2) is 4.59. The van der Waals surface area contributed by atoms with Crippen molar-refractivity contribution in [3.63, 3.8) is 0 Å². The molecule has 0 unspecified atom stereocenters. The van der Waals surface area contributed by atoms with E-state index in [-0.39, 0.29) is 12.3 Å². The van der Waals surface area contributed by atoms with Gasteiger partial charge in [0.2, 0.25) is 0 Å². The standard InChI is InChI=1S/C9H13NO3S/c11-8(12)5-9(6-14,10-13)7-3-1-2-4-7/h6-7H,1-5H2,(H,11,12)/t9-/m0/s1. The molecule has 1 N–H and O–H groups in total. The van der Waals surface area contributed by atoms with E-state index in [1.165, 1.54) is 5.37 Å². The summed E-state index contributed by atoms with van der Waals surface area (Å²) in [6, 6.07) is 0. The Morgan fingerprint density at radius 1 is 1.57 bits per heavy atom. The molecule has 1 atom stereocenters. The van der Waals surface area contributed by atoms with E-state index in [0.717, 1.165) is 25.7 Å². The van der Waals surface area contributed by atoms with Crippen molar-refractivity contribution in [2.24, 2.45) is 11.1 Å². The second-order valence-electron chi connectivity index (χ2n) is 3.75.